The number of carbonyl (C=O) groups excluding carboxylic acids is 3. The molecule has 2 saturated heterocycles. The number of ether oxygens (including phenoxy) is 1. The van der Waals surface area contributed by atoms with Crippen LogP contribution in [0.5, 0.6) is 0 Å². The summed E-state index contributed by atoms with van der Waals surface area (Å²) in [6.07, 6.45) is 6.89. The fraction of sp³-hybridized carbons (Fsp3) is 0.361. The van der Waals surface area contributed by atoms with E-state index >= 15 is 0 Å². The van der Waals surface area contributed by atoms with E-state index in [1.54, 1.807) is 14.7 Å². The van der Waals surface area contributed by atoms with Crippen molar-refractivity contribution in [3.8, 4) is 0 Å². The molecule has 0 radical (unpaired) electrons. The Labute approximate surface area is 257 Å². The normalized spacial score (nSPS) is 28.7. The fourth-order valence-electron chi connectivity index (χ4n) is 7.63. The van der Waals surface area contributed by atoms with Crippen LogP contribution in [0.3, 0.4) is 0 Å². The van der Waals surface area contributed by atoms with Gasteiger partial charge in [0.15, 0.2) is 0 Å². The molecule has 2 fully saturated rings. The minimum atomic E-state index is -1.35. The van der Waals surface area contributed by atoms with Crippen LogP contribution in [0, 0.1) is 17.8 Å². The maximum atomic E-state index is 14.8. The lowest BCUT2D eigenvalue weighted by Gasteiger charge is -2.39. The van der Waals surface area contributed by atoms with Crippen molar-refractivity contribution in [2.24, 2.45) is 17.8 Å². The van der Waals surface area contributed by atoms with Crippen molar-refractivity contribution in [3.05, 3.63) is 103 Å². The highest BCUT2D eigenvalue weighted by molar-refractivity contribution is 6.06. The largest absolute Gasteiger partial charge is 0.394 e. The van der Waals surface area contributed by atoms with Crippen molar-refractivity contribution in [3.63, 3.8) is 0 Å². The zero-order chi connectivity index (χ0) is 30.6. The number of anilines is 1. The Morgan fingerprint density at radius 1 is 0.886 bits per heavy atom. The molecular formula is C36H37N3O5. The van der Waals surface area contributed by atoms with Crippen LogP contribution in [0.2, 0.25) is 0 Å². The highest BCUT2D eigenvalue weighted by Crippen LogP contribution is 2.54. The molecule has 8 heteroatoms. The summed E-state index contributed by atoms with van der Waals surface area (Å²) in [5.41, 5.74) is 0.357. The topological polar surface area (TPSA) is 90.4 Å². The third kappa shape index (κ3) is 4.39. The molecule has 4 heterocycles. The first-order chi connectivity index (χ1) is 21.3. The first-order valence-electron chi connectivity index (χ1n) is 15.4. The van der Waals surface area contributed by atoms with E-state index in [0.29, 0.717) is 18.8 Å². The lowest BCUT2D eigenvalue weighted by atomic mass is 9.77. The predicted octanol–water partition coefficient (Wildman–Crippen LogP) is 3.94. The maximum absolute atomic E-state index is 14.8. The molecule has 0 saturated carbocycles. The molecule has 4 aliphatic heterocycles. The molecule has 0 aliphatic carbocycles. The molecule has 6 atom stereocenters. The summed E-state index contributed by atoms with van der Waals surface area (Å²) in [4.78, 5) is 48.7. The van der Waals surface area contributed by atoms with Crippen molar-refractivity contribution in [2.75, 3.05) is 24.6 Å². The lowest BCUT2D eigenvalue weighted by molar-refractivity contribution is -0.148. The first kappa shape index (κ1) is 28.5. The van der Waals surface area contributed by atoms with Crippen molar-refractivity contribution < 1.29 is 24.2 Å². The molecule has 3 aromatic rings. The van der Waals surface area contributed by atoms with E-state index in [9.17, 15) is 19.5 Å². The minimum Gasteiger partial charge on any atom is -0.394 e. The van der Waals surface area contributed by atoms with Crippen molar-refractivity contribution in [1.29, 1.82) is 0 Å². The quantitative estimate of drug-likeness (QED) is 0.439. The molecule has 4 aliphatic rings. The molecule has 1 spiro atoms. The Kier molecular flexibility index (Phi) is 7.14. The van der Waals surface area contributed by atoms with Gasteiger partial charge < -0.3 is 24.5 Å². The molecule has 7 rings (SSSR count). The second-order valence-corrected chi connectivity index (χ2v) is 12.6. The van der Waals surface area contributed by atoms with Crippen LogP contribution in [-0.4, -0.2) is 76.1 Å². The third-order valence-electron chi connectivity index (χ3n) is 9.75. The second kappa shape index (κ2) is 11.0. The number of nitrogens with zero attached hydrogens (tertiary/aromatic N) is 3. The minimum absolute atomic E-state index is 0.135. The Morgan fingerprint density at radius 2 is 1.64 bits per heavy atom. The van der Waals surface area contributed by atoms with E-state index in [4.69, 9.17) is 4.74 Å². The van der Waals surface area contributed by atoms with Crippen LogP contribution in [0.4, 0.5) is 5.69 Å². The van der Waals surface area contributed by atoms with E-state index in [-0.39, 0.29) is 36.8 Å². The average molecular weight is 592 g/mol. The smallest absolute Gasteiger partial charge is 0.253 e. The van der Waals surface area contributed by atoms with Crippen molar-refractivity contribution in [1.82, 2.24) is 9.80 Å². The van der Waals surface area contributed by atoms with Crippen molar-refractivity contribution in [2.45, 2.75) is 44.2 Å². The van der Waals surface area contributed by atoms with E-state index < -0.39 is 35.6 Å². The summed E-state index contributed by atoms with van der Waals surface area (Å²) < 4.78 is 6.80. The van der Waals surface area contributed by atoms with Gasteiger partial charge in [0.05, 0.1) is 30.6 Å². The standard InChI is InChI=1S/C36H37N3O5/c1-23(2)28(22-40)39-32-35(43)38(27-16-15-25-12-6-7-13-26(25)20-27)19-9-17-36(32)31(34(39)42)30-29(44-36)14-8-18-37(33(30)41)21-24-10-4-3-5-11-24/h3-17,20,23,28-32,40H,18-19,21-22H2,1-2H3/t28-,29+,30-,31-,32?,36-/m0/s1. The van der Waals surface area contributed by atoms with Gasteiger partial charge in [0.25, 0.3) is 5.91 Å². The SMILES string of the molecule is CC(C)[C@H](CO)N1C(=O)[C@@H]2[C@H]3C(=O)N(Cc4ccccc4)CC=C[C@H]3O[C@@]23C=CCN(c2ccc4ccccc4c2)C(=O)C13. The maximum Gasteiger partial charge on any atom is 0.253 e. The summed E-state index contributed by atoms with van der Waals surface area (Å²) in [5, 5.41) is 12.6. The van der Waals surface area contributed by atoms with Gasteiger partial charge in [-0.05, 0) is 34.4 Å². The predicted molar refractivity (Wildman–Crippen MR) is 167 cm³/mol. The third-order valence-corrected chi connectivity index (χ3v) is 9.75. The van der Waals surface area contributed by atoms with Gasteiger partial charge in [-0.15, -0.1) is 0 Å². The summed E-state index contributed by atoms with van der Waals surface area (Å²) in [6.45, 7) is 4.65. The summed E-state index contributed by atoms with van der Waals surface area (Å²) in [5.74, 6) is -2.61. The van der Waals surface area contributed by atoms with Crippen LogP contribution in [0.15, 0.2) is 97.1 Å². The van der Waals surface area contributed by atoms with Gasteiger partial charge in [0.1, 0.15) is 11.6 Å². The van der Waals surface area contributed by atoms with E-state index in [1.165, 1.54) is 0 Å². The molecule has 1 N–H and O–H groups in total. The average Bonchev–Trinajstić information content (AvgIpc) is 3.35. The van der Waals surface area contributed by atoms with Crippen LogP contribution in [-0.2, 0) is 25.7 Å². The highest BCUT2D eigenvalue weighted by Gasteiger charge is 2.72. The second-order valence-electron chi connectivity index (χ2n) is 12.6. The number of hydrogen-bond donors (Lipinski definition) is 1. The molecule has 3 aromatic carbocycles. The molecule has 3 amide bonds. The molecule has 1 unspecified atom stereocenters. The number of rotatable bonds is 6. The Balaban J connectivity index is 1.31. The summed E-state index contributed by atoms with van der Waals surface area (Å²) in [7, 11) is 0. The van der Waals surface area contributed by atoms with Gasteiger partial charge >= 0.3 is 0 Å². The monoisotopic (exact) mass is 591 g/mol. The highest BCUT2D eigenvalue weighted by atomic mass is 16.5. The molecule has 0 aromatic heterocycles. The Bertz CT molecular complexity index is 1670. The molecule has 0 bridgehead atoms. The van der Waals surface area contributed by atoms with Crippen LogP contribution in [0.25, 0.3) is 10.8 Å². The van der Waals surface area contributed by atoms with Crippen LogP contribution in [0.1, 0.15) is 19.4 Å². The summed E-state index contributed by atoms with van der Waals surface area (Å²) >= 11 is 0. The number of benzene rings is 3. The number of fused-ring (bicyclic) bond motifs is 3. The number of likely N-dealkylation sites (tertiary alicyclic amines) is 1. The zero-order valence-electron chi connectivity index (χ0n) is 25.0. The number of aliphatic hydroxyl groups is 1. The zero-order valence-corrected chi connectivity index (χ0v) is 25.0. The van der Waals surface area contributed by atoms with Gasteiger partial charge in [0, 0.05) is 25.3 Å². The van der Waals surface area contributed by atoms with Crippen LogP contribution < -0.4 is 4.90 Å². The molecule has 226 valence electrons. The number of amides is 3. The summed E-state index contributed by atoms with van der Waals surface area (Å²) in [6, 6.07) is 22.0. The molecular weight excluding hydrogens is 554 g/mol. The van der Waals surface area contributed by atoms with E-state index in [1.807, 2.05) is 111 Å². The van der Waals surface area contributed by atoms with Crippen LogP contribution >= 0.6 is 0 Å². The lowest BCUT2D eigenvalue weighted by Crippen LogP contribution is -2.59. The van der Waals surface area contributed by atoms with Gasteiger partial charge in [-0.25, -0.2) is 0 Å². The molecule has 44 heavy (non-hydrogen) atoms. The Morgan fingerprint density at radius 3 is 2.39 bits per heavy atom. The first-order valence-corrected chi connectivity index (χ1v) is 15.4. The van der Waals surface area contributed by atoms with E-state index in [2.05, 4.69) is 0 Å². The van der Waals surface area contributed by atoms with Gasteiger partial charge in [-0.1, -0.05) is 98.8 Å². The van der Waals surface area contributed by atoms with Gasteiger partial charge in [0.2, 0.25) is 11.8 Å². The van der Waals surface area contributed by atoms with E-state index in [0.717, 1.165) is 16.3 Å². The number of hydrogen-bond acceptors (Lipinski definition) is 5. The molecule has 8 nitrogen and oxygen atoms in total. The fourth-order valence-corrected chi connectivity index (χ4v) is 7.63. The van der Waals surface area contributed by atoms with Gasteiger partial charge in [-0.3, -0.25) is 14.4 Å². The Hall–Kier alpha value is -4.27. The number of aliphatic hydroxyl groups excluding tert-OH is 1. The van der Waals surface area contributed by atoms with Crippen molar-refractivity contribution >= 4 is 34.2 Å². The number of carbonyl (C=O) groups is 3. The van der Waals surface area contributed by atoms with Gasteiger partial charge in [-0.2, -0.15) is 0 Å².